The van der Waals surface area contributed by atoms with Crippen molar-refractivity contribution in [2.75, 3.05) is 5.32 Å². The Morgan fingerprint density at radius 3 is 2.46 bits per heavy atom. The van der Waals surface area contributed by atoms with Crippen molar-refractivity contribution in [3.8, 4) is 5.75 Å². The molecule has 0 radical (unpaired) electrons. The molecule has 0 saturated heterocycles. The quantitative estimate of drug-likeness (QED) is 0.594. The Balaban J connectivity index is 1.70. The number of primary sulfonamides is 1. The summed E-state index contributed by atoms with van der Waals surface area (Å²) in [6, 6.07) is 19.9. The van der Waals surface area contributed by atoms with Gasteiger partial charge in [0.25, 0.3) is 0 Å². The predicted octanol–water partition coefficient (Wildman–Crippen LogP) is 4.49. The second-order valence-corrected chi connectivity index (χ2v) is 8.45. The van der Waals surface area contributed by atoms with E-state index in [2.05, 4.69) is 11.4 Å². The van der Waals surface area contributed by atoms with Crippen molar-refractivity contribution in [1.82, 2.24) is 0 Å². The smallest absolute Gasteiger partial charge is 0.238 e. The van der Waals surface area contributed by atoms with E-state index in [9.17, 15) is 8.42 Å². The fourth-order valence-corrected chi connectivity index (χ4v) is 3.46. The molecule has 0 heterocycles. The molecule has 3 aromatic rings. The van der Waals surface area contributed by atoms with Gasteiger partial charge in [0.1, 0.15) is 12.4 Å². The van der Waals surface area contributed by atoms with Crippen molar-refractivity contribution < 1.29 is 13.2 Å². The molecule has 0 amide bonds. The number of hydrogen-bond donors (Lipinski definition) is 2. The molecule has 0 aliphatic carbocycles. The maximum atomic E-state index is 11.3. The van der Waals surface area contributed by atoms with Crippen molar-refractivity contribution >= 4 is 27.3 Å². The summed E-state index contributed by atoms with van der Waals surface area (Å²) in [6.45, 7) is 2.97. The molecule has 146 valence electrons. The van der Waals surface area contributed by atoms with Crippen LogP contribution in [0, 0.1) is 6.92 Å². The van der Waals surface area contributed by atoms with Gasteiger partial charge in [0.2, 0.25) is 10.0 Å². The molecule has 0 fully saturated rings. The Morgan fingerprint density at radius 1 is 1.04 bits per heavy atom. The van der Waals surface area contributed by atoms with Crippen LogP contribution in [-0.2, 0) is 23.2 Å². The van der Waals surface area contributed by atoms with E-state index in [1.807, 2.05) is 37.3 Å². The van der Waals surface area contributed by atoms with Crippen LogP contribution < -0.4 is 15.2 Å². The lowest BCUT2D eigenvalue weighted by Gasteiger charge is -2.14. The van der Waals surface area contributed by atoms with Crippen LogP contribution in [0.15, 0.2) is 71.6 Å². The Morgan fingerprint density at radius 2 is 1.79 bits per heavy atom. The Bertz CT molecular complexity index is 1070. The summed E-state index contributed by atoms with van der Waals surface area (Å²) in [4.78, 5) is 0.0722. The van der Waals surface area contributed by atoms with E-state index in [4.69, 9.17) is 21.5 Å². The van der Waals surface area contributed by atoms with Crippen LogP contribution in [-0.4, -0.2) is 8.42 Å². The minimum Gasteiger partial charge on any atom is -0.489 e. The summed E-state index contributed by atoms with van der Waals surface area (Å²) in [5, 5.41) is 8.97. The first-order valence-corrected chi connectivity index (χ1v) is 10.6. The SMILES string of the molecule is Cc1cccc(COc2ccc(Cl)cc2CNc2ccc(S(N)(=O)=O)cc2)c1. The monoisotopic (exact) mass is 416 g/mol. The van der Waals surface area contributed by atoms with E-state index >= 15 is 0 Å². The Hall–Kier alpha value is -2.54. The molecular formula is C21H21ClN2O3S. The number of sulfonamides is 1. The molecular weight excluding hydrogens is 396 g/mol. The molecule has 3 aromatic carbocycles. The van der Waals surface area contributed by atoms with Crippen molar-refractivity contribution in [1.29, 1.82) is 0 Å². The molecule has 0 bridgehead atoms. The third-order valence-electron chi connectivity index (χ3n) is 4.17. The van der Waals surface area contributed by atoms with Gasteiger partial charge in [-0.1, -0.05) is 41.4 Å². The second kappa shape index (κ2) is 8.65. The third-order valence-corrected chi connectivity index (χ3v) is 5.33. The summed E-state index contributed by atoms with van der Waals surface area (Å²) in [5.74, 6) is 0.736. The number of nitrogens with one attached hydrogen (secondary N) is 1. The van der Waals surface area contributed by atoms with Gasteiger partial charge in [0, 0.05) is 22.8 Å². The maximum Gasteiger partial charge on any atom is 0.238 e. The van der Waals surface area contributed by atoms with Crippen LogP contribution in [0.3, 0.4) is 0 Å². The van der Waals surface area contributed by atoms with Gasteiger partial charge >= 0.3 is 0 Å². The Labute approximate surface area is 170 Å². The summed E-state index contributed by atoms with van der Waals surface area (Å²) in [6.07, 6.45) is 0. The number of benzene rings is 3. The van der Waals surface area contributed by atoms with Crippen LogP contribution in [0.5, 0.6) is 5.75 Å². The zero-order chi connectivity index (χ0) is 20.1. The van der Waals surface area contributed by atoms with E-state index in [0.29, 0.717) is 18.2 Å². The highest BCUT2D eigenvalue weighted by molar-refractivity contribution is 7.89. The highest BCUT2D eigenvalue weighted by Crippen LogP contribution is 2.25. The molecule has 5 nitrogen and oxygen atoms in total. The highest BCUT2D eigenvalue weighted by atomic mass is 35.5. The van der Waals surface area contributed by atoms with Gasteiger partial charge in [-0.2, -0.15) is 0 Å². The first-order valence-electron chi connectivity index (χ1n) is 8.65. The van der Waals surface area contributed by atoms with Crippen molar-refractivity contribution in [3.05, 3.63) is 88.4 Å². The molecule has 0 spiro atoms. The molecule has 0 saturated carbocycles. The summed E-state index contributed by atoms with van der Waals surface area (Å²) in [7, 11) is -3.70. The zero-order valence-corrected chi connectivity index (χ0v) is 16.9. The molecule has 7 heteroatoms. The summed E-state index contributed by atoms with van der Waals surface area (Å²) < 4.78 is 28.7. The molecule has 0 atom stereocenters. The molecule has 3 rings (SSSR count). The predicted molar refractivity (Wildman–Crippen MR) is 112 cm³/mol. The van der Waals surface area contributed by atoms with E-state index in [1.165, 1.54) is 17.7 Å². The normalized spacial score (nSPS) is 11.2. The van der Waals surface area contributed by atoms with Gasteiger partial charge in [-0.3, -0.25) is 0 Å². The summed E-state index contributed by atoms with van der Waals surface area (Å²) in [5.41, 5.74) is 3.93. The minimum absolute atomic E-state index is 0.0722. The standard InChI is InChI=1S/C21H21ClN2O3S/c1-15-3-2-4-16(11-15)14-27-21-10-5-18(22)12-17(21)13-24-19-6-8-20(9-7-19)28(23,25)26/h2-12,24H,13-14H2,1H3,(H2,23,25,26). The molecule has 3 N–H and O–H groups in total. The van der Waals surface area contributed by atoms with Gasteiger partial charge in [0.15, 0.2) is 0 Å². The number of ether oxygens (including phenoxy) is 1. The lowest BCUT2D eigenvalue weighted by atomic mass is 10.1. The van der Waals surface area contributed by atoms with Crippen LogP contribution >= 0.6 is 11.6 Å². The topological polar surface area (TPSA) is 81.4 Å². The number of hydrogen-bond acceptors (Lipinski definition) is 4. The number of anilines is 1. The lowest BCUT2D eigenvalue weighted by Crippen LogP contribution is -2.12. The molecule has 28 heavy (non-hydrogen) atoms. The van der Waals surface area contributed by atoms with Gasteiger partial charge in [0.05, 0.1) is 4.90 Å². The van der Waals surface area contributed by atoms with Gasteiger partial charge in [-0.15, -0.1) is 0 Å². The Kier molecular flexibility index (Phi) is 6.24. The average molecular weight is 417 g/mol. The van der Waals surface area contributed by atoms with Gasteiger partial charge in [-0.05, 0) is 55.0 Å². The van der Waals surface area contributed by atoms with Crippen LogP contribution in [0.1, 0.15) is 16.7 Å². The third kappa shape index (κ3) is 5.48. The largest absolute Gasteiger partial charge is 0.489 e. The number of nitrogens with two attached hydrogens (primary N) is 1. The molecule has 0 aliphatic heterocycles. The molecule has 0 aromatic heterocycles. The molecule has 0 unspecified atom stereocenters. The minimum atomic E-state index is -3.70. The fourth-order valence-electron chi connectivity index (χ4n) is 2.75. The fraction of sp³-hybridized carbons (Fsp3) is 0.143. The van der Waals surface area contributed by atoms with Crippen molar-refractivity contribution in [3.63, 3.8) is 0 Å². The highest BCUT2D eigenvalue weighted by Gasteiger charge is 2.08. The van der Waals surface area contributed by atoms with E-state index < -0.39 is 10.0 Å². The van der Waals surface area contributed by atoms with Gasteiger partial charge in [-0.25, -0.2) is 13.6 Å². The number of rotatable bonds is 7. The lowest BCUT2D eigenvalue weighted by molar-refractivity contribution is 0.303. The number of halogens is 1. The van der Waals surface area contributed by atoms with Crippen LogP contribution in [0.25, 0.3) is 0 Å². The second-order valence-electron chi connectivity index (χ2n) is 6.45. The van der Waals surface area contributed by atoms with E-state index in [-0.39, 0.29) is 4.90 Å². The average Bonchev–Trinajstić information content (AvgIpc) is 2.65. The van der Waals surface area contributed by atoms with E-state index in [1.54, 1.807) is 18.2 Å². The van der Waals surface area contributed by atoms with Crippen LogP contribution in [0.4, 0.5) is 5.69 Å². The summed E-state index contributed by atoms with van der Waals surface area (Å²) >= 11 is 6.14. The first kappa shape index (κ1) is 20.2. The molecule has 0 aliphatic rings. The number of aryl methyl sites for hydroxylation is 1. The van der Waals surface area contributed by atoms with Gasteiger partial charge < -0.3 is 10.1 Å². The maximum absolute atomic E-state index is 11.3. The van der Waals surface area contributed by atoms with Crippen LogP contribution in [0.2, 0.25) is 5.02 Å². The van der Waals surface area contributed by atoms with E-state index in [0.717, 1.165) is 22.6 Å². The van der Waals surface area contributed by atoms with Crippen molar-refractivity contribution in [2.45, 2.75) is 25.0 Å². The van der Waals surface area contributed by atoms with Crippen molar-refractivity contribution in [2.24, 2.45) is 5.14 Å². The zero-order valence-electron chi connectivity index (χ0n) is 15.4. The first-order chi connectivity index (χ1) is 13.3.